The number of aromatic carboxylic acids is 1. The lowest BCUT2D eigenvalue weighted by molar-refractivity contribution is 0.0697. The van der Waals surface area contributed by atoms with E-state index >= 15 is 0 Å². The van der Waals surface area contributed by atoms with Gasteiger partial charge in [0.25, 0.3) is 0 Å². The molecule has 5 heteroatoms. The maximum atomic E-state index is 11.1. The summed E-state index contributed by atoms with van der Waals surface area (Å²) >= 11 is 0. The molecule has 1 aromatic heterocycles. The van der Waals surface area contributed by atoms with Gasteiger partial charge in [-0.3, -0.25) is 4.98 Å². The van der Waals surface area contributed by atoms with Crippen LogP contribution in [0.1, 0.15) is 30.6 Å². The fourth-order valence-electron chi connectivity index (χ4n) is 1.63. The van der Waals surface area contributed by atoms with Gasteiger partial charge >= 0.3 is 5.97 Å². The third kappa shape index (κ3) is 3.18. The third-order valence-corrected chi connectivity index (χ3v) is 2.43. The number of carbonyl (C=O) groups is 1. The first-order chi connectivity index (χ1) is 8.07. The van der Waals surface area contributed by atoms with Crippen molar-refractivity contribution in [2.75, 3.05) is 11.4 Å². The molecule has 5 nitrogen and oxygen atoms in total. The Morgan fingerprint density at radius 1 is 1.65 bits per heavy atom. The summed E-state index contributed by atoms with van der Waals surface area (Å²) in [5.41, 5.74) is 0.775. The van der Waals surface area contributed by atoms with Crippen LogP contribution in [-0.2, 0) is 0 Å². The first-order valence-electron chi connectivity index (χ1n) is 5.38. The summed E-state index contributed by atoms with van der Waals surface area (Å²) in [4.78, 5) is 16.8. The van der Waals surface area contributed by atoms with Crippen molar-refractivity contribution in [2.45, 2.75) is 26.3 Å². The van der Waals surface area contributed by atoms with Gasteiger partial charge < -0.3 is 10.0 Å². The van der Waals surface area contributed by atoms with E-state index in [4.69, 9.17) is 10.4 Å². The quantitative estimate of drug-likeness (QED) is 0.840. The molecule has 0 aliphatic heterocycles. The van der Waals surface area contributed by atoms with Gasteiger partial charge in [-0.1, -0.05) is 0 Å². The Bertz CT molecular complexity index is 438. The molecule has 1 aromatic rings. The number of anilines is 1. The summed E-state index contributed by atoms with van der Waals surface area (Å²) in [6.45, 7) is 4.44. The van der Waals surface area contributed by atoms with E-state index in [1.165, 1.54) is 6.20 Å². The highest BCUT2D eigenvalue weighted by molar-refractivity contribution is 5.94. The zero-order chi connectivity index (χ0) is 12.8. The highest BCUT2D eigenvalue weighted by Gasteiger charge is 2.17. The van der Waals surface area contributed by atoms with Gasteiger partial charge in [-0.15, -0.1) is 0 Å². The van der Waals surface area contributed by atoms with Crippen molar-refractivity contribution in [2.24, 2.45) is 0 Å². The Kier molecular flexibility index (Phi) is 4.46. The van der Waals surface area contributed by atoms with Gasteiger partial charge in [0.1, 0.15) is 5.56 Å². The molecule has 0 unspecified atom stereocenters. The van der Waals surface area contributed by atoms with E-state index in [1.807, 2.05) is 18.7 Å². The van der Waals surface area contributed by atoms with Crippen molar-refractivity contribution in [1.29, 1.82) is 5.26 Å². The summed E-state index contributed by atoms with van der Waals surface area (Å²) in [7, 11) is 0. The van der Waals surface area contributed by atoms with Crippen LogP contribution in [0.3, 0.4) is 0 Å². The smallest absolute Gasteiger partial charge is 0.339 e. The van der Waals surface area contributed by atoms with E-state index in [1.54, 1.807) is 12.3 Å². The predicted octanol–water partition coefficient (Wildman–Crippen LogP) is 1.91. The molecule has 0 aliphatic carbocycles. The summed E-state index contributed by atoms with van der Waals surface area (Å²) in [6.07, 6.45) is 3.25. The molecule has 90 valence electrons. The second kappa shape index (κ2) is 5.85. The number of carboxylic acid groups (broad SMARTS) is 1. The lowest BCUT2D eigenvalue weighted by Crippen LogP contribution is -2.33. The largest absolute Gasteiger partial charge is 0.478 e. The average Bonchev–Trinajstić information content (AvgIpc) is 2.29. The molecule has 0 atom stereocenters. The van der Waals surface area contributed by atoms with Gasteiger partial charge in [-0.25, -0.2) is 4.79 Å². The molecule has 0 radical (unpaired) electrons. The normalized spacial score (nSPS) is 10.0. The van der Waals surface area contributed by atoms with Gasteiger partial charge in [-0.05, 0) is 19.9 Å². The Labute approximate surface area is 100 Å². The van der Waals surface area contributed by atoms with Crippen molar-refractivity contribution in [1.82, 2.24) is 4.98 Å². The molecule has 0 amide bonds. The highest BCUT2D eigenvalue weighted by atomic mass is 16.4. The van der Waals surface area contributed by atoms with Crippen LogP contribution >= 0.6 is 0 Å². The van der Waals surface area contributed by atoms with Crippen molar-refractivity contribution in [3.8, 4) is 6.07 Å². The molecule has 1 N–H and O–H groups in total. The number of carboxylic acids is 1. The minimum atomic E-state index is -1.00. The van der Waals surface area contributed by atoms with Crippen molar-refractivity contribution in [3.05, 3.63) is 24.0 Å². The van der Waals surface area contributed by atoms with Crippen molar-refractivity contribution < 1.29 is 9.90 Å². The van der Waals surface area contributed by atoms with E-state index in [0.717, 1.165) is 0 Å². The Morgan fingerprint density at radius 3 is 2.88 bits per heavy atom. The Morgan fingerprint density at radius 2 is 2.35 bits per heavy atom. The average molecular weight is 233 g/mol. The summed E-state index contributed by atoms with van der Waals surface area (Å²) < 4.78 is 0. The maximum absolute atomic E-state index is 11.1. The van der Waals surface area contributed by atoms with Gasteiger partial charge in [-0.2, -0.15) is 5.26 Å². The van der Waals surface area contributed by atoms with Crippen LogP contribution in [0.15, 0.2) is 18.5 Å². The van der Waals surface area contributed by atoms with E-state index in [0.29, 0.717) is 18.7 Å². The maximum Gasteiger partial charge on any atom is 0.339 e. The van der Waals surface area contributed by atoms with Gasteiger partial charge in [0.15, 0.2) is 0 Å². The second-order valence-electron chi connectivity index (χ2n) is 3.89. The number of hydrogen-bond donors (Lipinski definition) is 1. The van der Waals surface area contributed by atoms with Crippen LogP contribution in [0.4, 0.5) is 5.69 Å². The van der Waals surface area contributed by atoms with Crippen LogP contribution < -0.4 is 4.90 Å². The third-order valence-electron chi connectivity index (χ3n) is 2.43. The molecule has 0 saturated heterocycles. The second-order valence-corrected chi connectivity index (χ2v) is 3.89. The first kappa shape index (κ1) is 13.0. The molecule has 0 fully saturated rings. The Balaban J connectivity index is 3.10. The van der Waals surface area contributed by atoms with Crippen LogP contribution in [0.2, 0.25) is 0 Å². The van der Waals surface area contributed by atoms with Gasteiger partial charge in [0, 0.05) is 25.0 Å². The molecule has 0 aliphatic rings. The topological polar surface area (TPSA) is 77.2 Å². The number of rotatable bonds is 5. The van der Waals surface area contributed by atoms with Crippen LogP contribution in [0.25, 0.3) is 0 Å². The minimum absolute atomic E-state index is 0.129. The van der Waals surface area contributed by atoms with Crippen LogP contribution in [-0.4, -0.2) is 28.6 Å². The molecule has 0 spiro atoms. The summed E-state index contributed by atoms with van der Waals surface area (Å²) in [5.74, 6) is -1.00. The highest BCUT2D eigenvalue weighted by Crippen LogP contribution is 2.21. The summed E-state index contributed by atoms with van der Waals surface area (Å²) in [6, 6.07) is 3.86. The minimum Gasteiger partial charge on any atom is -0.478 e. The molecule has 0 bridgehead atoms. The molecular formula is C12H15N3O2. The molecule has 17 heavy (non-hydrogen) atoms. The number of aromatic nitrogens is 1. The number of nitrogens with zero attached hydrogens (tertiary/aromatic N) is 3. The van der Waals surface area contributed by atoms with Gasteiger partial charge in [0.2, 0.25) is 0 Å². The molecule has 0 saturated carbocycles. The lowest BCUT2D eigenvalue weighted by Gasteiger charge is -2.29. The van der Waals surface area contributed by atoms with E-state index < -0.39 is 5.97 Å². The van der Waals surface area contributed by atoms with Crippen LogP contribution in [0.5, 0.6) is 0 Å². The van der Waals surface area contributed by atoms with Crippen LogP contribution in [0, 0.1) is 11.3 Å². The molecular weight excluding hydrogens is 218 g/mol. The first-order valence-corrected chi connectivity index (χ1v) is 5.38. The number of pyridine rings is 1. The molecule has 0 aromatic carbocycles. The van der Waals surface area contributed by atoms with Crippen molar-refractivity contribution in [3.63, 3.8) is 0 Å². The van der Waals surface area contributed by atoms with Gasteiger partial charge in [0.05, 0.1) is 18.2 Å². The summed E-state index contributed by atoms with van der Waals surface area (Å²) in [5, 5.41) is 17.7. The number of nitriles is 1. The van der Waals surface area contributed by atoms with E-state index in [2.05, 4.69) is 11.1 Å². The SMILES string of the molecule is CC(C)N(CCC#N)c1ccncc1C(=O)O. The standard InChI is InChI=1S/C12H15N3O2/c1-9(2)15(7-3-5-13)11-4-6-14-8-10(11)12(16)17/h4,6,8-9H,3,7H2,1-2H3,(H,16,17). The van der Waals surface area contributed by atoms with E-state index in [9.17, 15) is 4.79 Å². The molecule has 1 heterocycles. The zero-order valence-corrected chi connectivity index (χ0v) is 9.92. The fourth-order valence-corrected chi connectivity index (χ4v) is 1.63. The zero-order valence-electron chi connectivity index (χ0n) is 9.92. The fraction of sp³-hybridized carbons (Fsp3) is 0.417. The monoisotopic (exact) mass is 233 g/mol. The lowest BCUT2D eigenvalue weighted by atomic mass is 10.1. The predicted molar refractivity (Wildman–Crippen MR) is 63.9 cm³/mol. The molecule has 1 rings (SSSR count). The Hall–Kier alpha value is -2.09. The van der Waals surface area contributed by atoms with Crippen molar-refractivity contribution >= 4 is 11.7 Å². The number of hydrogen-bond acceptors (Lipinski definition) is 4. The van der Waals surface area contributed by atoms with E-state index in [-0.39, 0.29) is 11.6 Å².